The van der Waals surface area contributed by atoms with Crippen molar-refractivity contribution >= 4 is 17.2 Å². The van der Waals surface area contributed by atoms with Gasteiger partial charge in [-0.05, 0) is 49.2 Å². The number of carbonyl (C=O) groups is 1. The van der Waals surface area contributed by atoms with Crippen molar-refractivity contribution < 1.29 is 9.18 Å². The Morgan fingerprint density at radius 3 is 2.50 bits per heavy atom. The Morgan fingerprint density at radius 2 is 1.85 bits per heavy atom. The Balaban J connectivity index is 1.77. The van der Waals surface area contributed by atoms with Gasteiger partial charge in [-0.15, -0.1) is 11.3 Å². The maximum absolute atomic E-state index is 13.0. The molecule has 134 valence electrons. The SMILES string of the molecule is Cc1nc(Cc2ccc(F)cc2)sc1C(=O)N(C)C(C)c1ccncc1. The molecule has 0 aliphatic rings. The van der Waals surface area contributed by atoms with E-state index < -0.39 is 0 Å². The predicted octanol–water partition coefficient (Wildman–Crippen LogP) is 4.41. The fourth-order valence-corrected chi connectivity index (χ4v) is 3.79. The number of aryl methyl sites for hydroxylation is 1. The first-order valence-corrected chi connectivity index (χ1v) is 9.15. The highest BCUT2D eigenvalue weighted by atomic mass is 32.1. The molecule has 1 amide bonds. The fourth-order valence-electron chi connectivity index (χ4n) is 2.70. The third-order valence-electron chi connectivity index (χ3n) is 4.39. The standard InChI is InChI=1S/C20H20FN3OS/c1-13-19(20(25)24(3)14(2)16-8-10-22-11-9-16)26-18(23-13)12-15-4-6-17(21)7-5-15/h4-11,14H,12H2,1-3H3. The van der Waals surface area contributed by atoms with Gasteiger partial charge in [-0.25, -0.2) is 9.37 Å². The molecule has 0 fully saturated rings. The molecule has 0 saturated heterocycles. The lowest BCUT2D eigenvalue weighted by Crippen LogP contribution is -2.29. The van der Waals surface area contributed by atoms with E-state index in [1.165, 1.54) is 23.5 Å². The van der Waals surface area contributed by atoms with Gasteiger partial charge in [0.25, 0.3) is 5.91 Å². The lowest BCUT2D eigenvalue weighted by molar-refractivity contribution is 0.0746. The number of thiazole rings is 1. The normalized spacial score (nSPS) is 12.0. The van der Waals surface area contributed by atoms with Crippen LogP contribution in [-0.2, 0) is 6.42 Å². The number of benzene rings is 1. The molecular weight excluding hydrogens is 349 g/mol. The van der Waals surface area contributed by atoms with Crippen molar-refractivity contribution in [2.24, 2.45) is 0 Å². The molecule has 0 aliphatic carbocycles. The van der Waals surface area contributed by atoms with E-state index in [9.17, 15) is 9.18 Å². The number of amides is 1. The first-order chi connectivity index (χ1) is 12.5. The number of aromatic nitrogens is 2. The molecule has 0 spiro atoms. The van der Waals surface area contributed by atoms with Crippen LogP contribution in [0, 0.1) is 12.7 Å². The number of nitrogens with zero attached hydrogens (tertiary/aromatic N) is 3. The molecule has 0 radical (unpaired) electrons. The van der Waals surface area contributed by atoms with Crippen LogP contribution in [0.3, 0.4) is 0 Å². The maximum atomic E-state index is 13.0. The second kappa shape index (κ2) is 7.74. The summed E-state index contributed by atoms with van der Waals surface area (Å²) >= 11 is 1.40. The zero-order chi connectivity index (χ0) is 18.7. The van der Waals surface area contributed by atoms with Gasteiger partial charge in [0, 0.05) is 25.9 Å². The molecule has 26 heavy (non-hydrogen) atoms. The van der Waals surface area contributed by atoms with E-state index in [4.69, 9.17) is 0 Å². The van der Waals surface area contributed by atoms with Crippen LogP contribution >= 0.6 is 11.3 Å². The first-order valence-electron chi connectivity index (χ1n) is 8.33. The average molecular weight is 369 g/mol. The van der Waals surface area contributed by atoms with Gasteiger partial charge < -0.3 is 4.90 Å². The minimum Gasteiger partial charge on any atom is -0.334 e. The Kier molecular flexibility index (Phi) is 5.42. The first kappa shape index (κ1) is 18.2. The second-order valence-corrected chi connectivity index (χ2v) is 7.28. The molecule has 0 aliphatic heterocycles. The fraction of sp³-hybridized carbons (Fsp3) is 0.250. The second-order valence-electron chi connectivity index (χ2n) is 6.20. The van der Waals surface area contributed by atoms with Crippen LogP contribution in [-0.4, -0.2) is 27.8 Å². The van der Waals surface area contributed by atoms with Gasteiger partial charge in [0.15, 0.2) is 0 Å². The lowest BCUT2D eigenvalue weighted by atomic mass is 10.1. The zero-order valence-electron chi connectivity index (χ0n) is 14.9. The van der Waals surface area contributed by atoms with Gasteiger partial charge in [0.1, 0.15) is 10.7 Å². The minimum atomic E-state index is -0.258. The number of halogens is 1. The molecule has 2 heterocycles. The van der Waals surface area contributed by atoms with E-state index in [1.807, 2.05) is 26.0 Å². The molecule has 1 unspecified atom stereocenters. The van der Waals surface area contributed by atoms with Gasteiger partial charge in [-0.2, -0.15) is 0 Å². The third-order valence-corrected chi connectivity index (χ3v) is 5.54. The largest absolute Gasteiger partial charge is 0.334 e. The van der Waals surface area contributed by atoms with Crippen LogP contribution in [0.4, 0.5) is 4.39 Å². The zero-order valence-corrected chi connectivity index (χ0v) is 15.8. The molecule has 0 N–H and O–H groups in total. The predicted molar refractivity (Wildman–Crippen MR) is 101 cm³/mol. The number of carbonyl (C=O) groups excluding carboxylic acids is 1. The van der Waals surface area contributed by atoms with E-state index in [1.54, 1.807) is 36.5 Å². The van der Waals surface area contributed by atoms with Crippen molar-refractivity contribution in [2.45, 2.75) is 26.3 Å². The summed E-state index contributed by atoms with van der Waals surface area (Å²) in [5.74, 6) is -0.304. The van der Waals surface area contributed by atoms with Crippen molar-refractivity contribution in [1.29, 1.82) is 0 Å². The van der Waals surface area contributed by atoms with Gasteiger partial charge in [0.2, 0.25) is 0 Å². The van der Waals surface area contributed by atoms with Crippen LogP contribution in [0.25, 0.3) is 0 Å². The third kappa shape index (κ3) is 3.96. The number of hydrogen-bond donors (Lipinski definition) is 0. The van der Waals surface area contributed by atoms with Gasteiger partial charge in [-0.3, -0.25) is 9.78 Å². The molecule has 3 rings (SSSR count). The Hall–Kier alpha value is -2.60. The number of pyridine rings is 1. The number of hydrogen-bond acceptors (Lipinski definition) is 4. The Bertz CT molecular complexity index is 893. The smallest absolute Gasteiger partial charge is 0.266 e. The van der Waals surface area contributed by atoms with Crippen molar-refractivity contribution in [3.63, 3.8) is 0 Å². The lowest BCUT2D eigenvalue weighted by Gasteiger charge is -2.24. The topological polar surface area (TPSA) is 46.1 Å². The molecule has 1 atom stereocenters. The van der Waals surface area contributed by atoms with E-state index >= 15 is 0 Å². The Labute approximate surface area is 156 Å². The van der Waals surface area contributed by atoms with E-state index in [-0.39, 0.29) is 17.8 Å². The Morgan fingerprint density at radius 1 is 1.19 bits per heavy atom. The molecular formula is C20H20FN3OS. The maximum Gasteiger partial charge on any atom is 0.266 e. The van der Waals surface area contributed by atoms with E-state index in [2.05, 4.69) is 9.97 Å². The molecule has 6 heteroatoms. The molecule has 4 nitrogen and oxygen atoms in total. The quantitative estimate of drug-likeness (QED) is 0.669. The van der Waals surface area contributed by atoms with Crippen LogP contribution in [0.1, 0.15) is 44.5 Å². The molecule has 0 bridgehead atoms. The van der Waals surface area contributed by atoms with Crippen molar-refractivity contribution in [3.8, 4) is 0 Å². The van der Waals surface area contributed by atoms with Crippen LogP contribution in [0.2, 0.25) is 0 Å². The molecule has 0 saturated carbocycles. The minimum absolute atomic E-state index is 0.0466. The summed E-state index contributed by atoms with van der Waals surface area (Å²) in [6, 6.07) is 10.1. The summed E-state index contributed by atoms with van der Waals surface area (Å²) in [5, 5.41) is 0.849. The molecule has 1 aromatic carbocycles. The summed E-state index contributed by atoms with van der Waals surface area (Å²) in [6.07, 6.45) is 4.04. The summed E-state index contributed by atoms with van der Waals surface area (Å²) in [5.41, 5.74) is 2.73. The number of rotatable bonds is 5. The summed E-state index contributed by atoms with van der Waals surface area (Å²) in [4.78, 5) is 23.8. The summed E-state index contributed by atoms with van der Waals surface area (Å²) < 4.78 is 13.0. The summed E-state index contributed by atoms with van der Waals surface area (Å²) in [6.45, 7) is 3.84. The van der Waals surface area contributed by atoms with Crippen molar-refractivity contribution in [2.75, 3.05) is 7.05 Å². The highest BCUT2D eigenvalue weighted by Crippen LogP contribution is 2.26. The average Bonchev–Trinajstić information content (AvgIpc) is 3.02. The van der Waals surface area contributed by atoms with Gasteiger partial charge >= 0.3 is 0 Å². The van der Waals surface area contributed by atoms with Crippen LogP contribution in [0.15, 0.2) is 48.8 Å². The van der Waals surface area contributed by atoms with Crippen LogP contribution in [0.5, 0.6) is 0 Å². The van der Waals surface area contributed by atoms with Crippen LogP contribution < -0.4 is 0 Å². The molecule has 3 aromatic rings. The highest BCUT2D eigenvalue weighted by molar-refractivity contribution is 7.13. The highest BCUT2D eigenvalue weighted by Gasteiger charge is 2.23. The van der Waals surface area contributed by atoms with Crippen molar-refractivity contribution in [1.82, 2.24) is 14.9 Å². The monoisotopic (exact) mass is 369 g/mol. The molecule has 2 aromatic heterocycles. The van der Waals surface area contributed by atoms with Gasteiger partial charge in [-0.1, -0.05) is 12.1 Å². The van der Waals surface area contributed by atoms with Crippen molar-refractivity contribution in [3.05, 3.63) is 81.3 Å². The van der Waals surface area contributed by atoms with E-state index in [0.29, 0.717) is 11.3 Å². The van der Waals surface area contributed by atoms with Gasteiger partial charge in [0.05, 0.1) is 16.7 Å². The summed E-state index contributed by atoms with van der Waals surface area (Å²) in [7, 11) is 1.80. The van der Waals surface area contributed by atoms with E-state index in [0.717, 1.165) is 21.8 Å².